The number of carbonyl (C=O) groups is 3. The number of methoxy groups -OCH3 is 1. The fourth-order valence-electron chi connectivity index (χ4n) is 2.42. The van der Waals surface area contributed by atoms with Crippen molar-refractivity contribution in [2.24, 2.45) is 0 Å². The number of ether oxygens (including phenoxy) is 1. The molecule has 0 saturated carbocycles. The molecule has 1 aromatic heterocycles. The van der Waals surface area contributed by atoms with Crippen LogP contribution >= 0.6 is 11.3 Å². The molecule has 0 aliphatic rings. The van der Waals surface area contributed by atoms with E-state index in [1.54, 1.807) is 29.6 Å². The van der Waals surface area contributed by atoms with E-state index in [0.717, 1.165) is 0 Å². The molecule has 0 saturated heterocycles. The second-order valence-corrected chi connectivity index (χ2v) is 6.88. The maximum atomic E-state index is 12.9. The van der Waals surface area contributed by atoms with Crippen LogP contribution in [-0.2, 0) is 16.0 Å². The van der Waals surface area contributed by atoms with Crippen molar-refractivity contribution in [1.29, 1.82) is 0 Å². The second-order valence-electron chi connectivity index (χ2n) is 6.02. The van der Waals surface area contributed by atoms with Crippen LogP contribution in [0.2, 0.25) is 0 Å². The molecule has 0 bridgehead atoms. The Morgan fingerprint density at radius 2 is 1.60 bits per heavy atom. The van der Waals surface area contributed by atoms with Crippen LogP contribution in [0.3, 0.4) is 0 Å². The summed E-state index contributed by atoms with van der Waals surface area (Å²) in [6.45, 7) is 0. The van der Waals surface area contributed by atoms with Crippen LogP contribution in [0.4, 0.5) is 25.7 Å². The summed E-state index contributed by atoms with van der Waals surface area (Å²) in [6, 6.07) is 11.1. The number of amides is 3. The monoisotopic (exact) mass is 428 g/mol. The Morgan fingerprint density at radius 3 is 2.27 bits per heavy atom. The first-order valence-electron chi connectivity index (χ1n) is 8.69. The van der Waals surface area contributed by atoms with Crippen LogP contribution in [0.1, 0.15) is 16.1 Å². The SMILES string of the molecule is COC(=O)c1ccc(NC(=O)Cc2csc(NC(=O)Nc3ccc(F)cc3)n2)cc1. The Bertz CT molecular complexity index is 1050. The standard InChI is InChI=1S/C20H17FN4O4S/c1-29-18(27)12-2-6-14(7-3-12)22-17(26)10-16-11-30-20(24-16)25-19(28)23-15-8-4-13(21)5-9-15/h2-9,11H,10H2,1H3,(H,22,26)(H2,23,24,25,28). The highest BCUT2D eigenvalue weighted by atomic mass is 32.1. The number of nitrogens with one attached hydrogen (secondary N) is 3. The van der Waals surface area contributed by atoms with E-state index in [0.29, 0.717) is 27.8 Å². The fourth-order valence-corrected chi connectivity index (χ4v) is 3.12. The molecule has 1 heterocycles. The summed E-state index contributed by atoms with van der Waals surface area (Å²) in [5, 5.41) is 9.80. The molecular formula is C20H17FN4O4S. The molecule has 2 aromatic carbocycles. The highest BCUT2D eigenvalue weighted by Gasteiger charge is 2.11. The second kappa shape index (κ2) is 9.61. The highest BCUT2D eigenvalue weighted by Crippen LogP contribution is 2.18. The zero-order valence-corrected chi connectivity index (χ0v) is 16.6. The van der Waals surface area contributed by atoms with Crippen LogP contribution in [0, 0.1) is 5.82 Å². The summed E-state index contributed by atoms with van der Waals surface area (Å²) >= 11 is 1.17. The Hall–Kier alpha value is -3.79. The molecule has 0 aliphatic heterocycles. The molecule has 0 aliphatic carbocycles. The third-order valence-electron chi connectivity index (χ3n) is 3.81. The van der Waals surface area contributed by atoms with Gasteiger partial charge in [0.2, 0.25) is 5.91 Å². The molecule has 0 spiro atoms. The van der Waals surface area contributed by atoms with Gasteiger partial charge in [-0.2, -0.15) is 0 Å². The van der Waals surface area contributed by atoms with Crippen molar-refractivity contribution in [1.82, 2.24) is 4.98 Å². The normalized spacial score (nSPS) is 10.2. The van der Waals surface area contributed by atoms with Crippen molar-refractivity contribution in [2.75, 3.05) is 23.1 Å². The minimum absolute atomic E-state index is 0.0104. The lowest BCUT2D eigenvalue weighted by molar-refractivity contribution is -0.115. The van der Waals surface area contributed by atoms with Crippen LogP contribution in [0.5, 0.6) is 0 Å². The molecule has 0 unspecified atom stereocenters. The van der Waals surface area contributed by atoms with Crippen molar-refractivity contribution >= 4 is 45.8 Å². The number of aromatic nitrogens is 1. The average Bonchev–Trinajstić information content (AvgIpc) is 3.16. The number of halogens is 1. The number of urea groups is 1. The summed E-state index contributed by atoms with van der Waals surface area (Å²) < 4.78 is 17.5. The topological polar surface area (TPSA) is 109 Å². The molecule has 30 heavy (non-hydrogen) atoms. The first-order valence-corrected chi connectivity index (χ1v) is 9.57. The van der Waals surface area contributed by atoms with Crippen molar-refractivity contribution in [2.45, 2.75) is 6.42 Å². The van der Waals surface area contributed by atoms with Crippen LogP contribution in [0.15, 0.2) is 53.9 Å². The molecular weight excluding hydrogens is 411 g/mol. The van der Waals surface area contributed by atoms with E-state index in [4.69, 9.17) is 0 Å². The summed E-state index contributed by atoms with van der Waals surface area (Å²) in [7, 11) is 1.29. The zero-order valence-electron chi connectivity index (χ0n) is 15.8. The van der Waals surface area contributed by atoms with E-state index in [9.17, 15) is 18.8 Å². The van der Waals surface area contributed by atoms with E-state index in [1.807, 2.05) is 0 Å². The number of anilines is 3. The molecule has 3 aromatic rings. The Morgan fingerprint density at radius 1 is 0.967 bits per heavy atom. The molecule has 0 atom stereocenters. The maximum absolute atomic E-state index is 12.9. The molecule has 3 N–H and O–H groups in total. The van der Waals surface area contributed by atoms with Crippen LogP contribution in [0.25, 0.3) is 0 Å². The van der Waals surface area contributed by atoms with Gasteiger partial charge in [0.05, 0.1) is 24.8 Å². The van der Waals surface area contributed by atoms with E-state index >= 15 is 0 Å². The van der Waals surface area contributed by atoms with Gasteiger partial charge >= 0.3 is 12.0 Å². The summed E-state index contributed by atoms with van der Waals surface area (Å²) in [4.78, 5) is 39.8. The van der Waals surface area contributed by atoms with Gasteiger partial charge in [0.25, 0.3) is 0 Å². The van der Waals surface area contributed by atoms with Crippen molar-refractivity contribution in [3.8, 4) is 0 Å². The predicted molar refractivity (Wildman–Crippen MR) is 111 cm³/mol. The minimum atomic E-state index is -0.530. The highest BCUT2D eigenvalue weighted by molar-refractivity contribution is 7.14. The van der Waals surface area contributed by atoms with Gasteiger partial charge in [0.15, 0.2) is 5.13 Å². The summed E-state index contributed by atoms with van der Waals surface area (Å²) in [5.74, 6) is -1.16. The van der Waals surface area contributed by atoms with Gasteiger partial charge in [-0.05, 0) is 48.5 Å². The molecule has 3 rings (SSSR count). The van der Waals surface area contributed by atoms with Gasteiger partial charge in [-0.3, -0.25) is 10.1 Å². The largest absolute Gasteiger partial charge is 0.465 e. The molecule has 10 heteroatoms. The first kappa shape index (κ1) is 20.9. The van der Waals surface area contributed by atoms with E-state index in [2.05, 4.69) is 25.7 Å². The Labute approximate surface area is 175 Å². The van der Waals surface area contributed by atoms with Gasteiger partial charge in [0.1, 0.15) is 5.82 Å². The Kier molecular flexibility index (Phi) is 6.71. The third-order valence-corrected chi connectivity index (χ3v) is 4.61. The maximum Gasteiger partial charge on any atom is 0.337 e. The van der Waals surface area contributed by atoms with Crippen LogP contribution < -0.4 is 16.0 Å². The number of benzene rings is 2. The van der Waals surface area contributed by atoms with Gasteiger partial charge in [-0.1, -0.05) is 0 Å². The summed E-state index contributed by atoms with van der Waals surface area (Å²) in [6.07, 6.45) is 0.0104. The van der Waals surface area contributed by atoms with Crippen molar-refractivity contribution < 1.29 is 23.5 Å². The number of hydrogen-bond acceptors (Lipinski definition) is 6. The number of hydrogen-bond donors (Lipinski definition) is 3. The first-order chi connectivity index (χ1) is 14.4. The molecule has 154 valence electrons. The van der Waals surface area contributed by atoms with E-state index in [-0.39, 0.29) is 12.3 Å². The van der Waals surface area contributed by atoms with Gasteiger partial charge < -0.3 is 15.4 Å². The average molecular weight is 428 g/mol. The zero-order chi connectivity index (χ0) is 21.5. The number of rotatable bonds is 6. The van der Waals surface area contributed by atoms with Crippen molar-refractivity contribution in [3.63, 3.8) is 0 Å². The molecule has 8 nitrogen and oxygen atoms in total. The fraction of sp³-hybridized carbons (Fsp3) is 0.100. The van der Waals surface area contributed by atoms with E-state index < -0.39 is 17.8 Å². The van der Waals surface area contributed by atoms with Crippen molar-refractivity contribution in [3.05, 3.63) is 71.0 Å². The quantitative estimate of drug-likeness (QED) is 0.516. The molecule has 0 fully saturated rings. The number of carbonyl (C=O) groups excluding carboxylic acids is 3. The lowest BCUT2D eigenvalue weighted by atomic mass is 10.2. The molecule has 3 amide bonds. The lowest BCUT2D eigenvalue weighted by Gasteiger charge is -2.05. The number of thiazole rings is 1. The smallest absolute Gasteiger partial charge is 0.337 e. The molecule has 0 radical (unpaired) electrons. The van der Waals surface area contributed by atoms with Gasteiger partial charge in [-0.25, -0.2) is 19.0 Å². The minimum Gasteiger partial charge on any atom is -0.465 e. The number of esters is 1. The number of nitrogens with zero attached hydrogens (tertiary/aromatic N) is 1. The third kappa shape index (κ3) is 5.85. The van der Waals surface area contributed by atoms with Crippen LogP contribution in [-0.4, -0.2) is 30.0 Å². The lowest BCUT2D eigenvalue weighted by Crippen LogP contribution is -2.19. The predicted octanol–water partition coefficient (Wildman–Crippen LogP) is 3.89. The van der Waals surface area contributed by atoms with E-state index in [1.165, 1.54) is 42.7 Å². The van der Waals surface area contributed by atoms with Gasteiger partial charge in [-0.15, -0.1) is 11.3 Å². The Balaban J connectivity index is 1.50. The van der Waals surface area contributed by atoms with Gasteiger partial charge in [0, 0.05) is 16.8 Å². The summed E-state index contributed by atoms with van der Waals surface area (Å²) in [5.41, 5.74) is 1.83.